The number of benzene rings is 2. The van der Waals surface area contributed by atoms with Crippen molar-refractivity contribution in [2.24, 2.45) is 5.10 Å². The molecular formula is C19H19ClFN3O3S. The Morgan fingerprint density at radius 1 is 1.32 bits per heavy atom. The lowest BCUT2D eigenvalue weighted by molar-refractivity contribution is -0.130. The first-order chi connectivity index (χ1) is 13.2. The Bertz CT molecular complexity index is 1060. The quantitative estimate of drug-likeness (QED) is 0.791. The van der Waals surface area contributed by atoms with E-state index in [9.17, 15) is 17.6 Å². The number of carbonyl (C=O) groups excluding carboxylic acids is 1. The van der Waals surface area contributed by atoms with Crippen molar-refractivity contribution in [2.45, 2.75) is 26.3 Å². The zero-order chi connectivity index (χ0) is 20.5. The van der Waals surface area contributed by atoms with E-state index in [1.807, 2.05) is 0 Å². The molecule has 0 bridgehead atoms. The maximum atomic E-state index is 13.9. The van der Waals surface area contributed by atoms with Crippen molar-refractivity contribution in [2.75, 3.05) is 10.5 Å². The number of hydrogen-bond donors (Lipinski definition) is 1. The second-order valence-corrected chi connectivity index (χ2v) is 8.81. The van der Waals surface area contributed by atoms with Gasteiger partial charge in [0.15, 0.2) is 0 Å². The van der Waals surface area contributed by atoms with Gasteiger partial charge in [-0.05, 0) is 42.3 Å². The summed E-state index contributed by atoms with van der Waals surface area (Å²) in [5, 5.41) is 5.71. The van der Waals surface area contributed by atoms with Crippen LogP contribution in [-0.2, 0) is 14.8 Å². The monoisotopic (exact) mass is 423 g/mol. The summed E-state index contributed by atoms with van der Waals surface area (Å²) < 4.78 is 40.0. The molecule has 0 saturated heterocycles. The molecule has 0 unspecified atom stereocenters. The molecule has 0 aliphatic carbocycles. The summed E-state index contributed by atoms with van der Waals surface area (Å²) in [6.07, 6.45) is 0.366. The molecule has 1 aliphatic rings. The van der Waals surface area contributed by atoms with Gasteiger partial charge >= 0.3 is 0 Å². The van der Waals surface area contributed by atoms with Crippen LogP contribution in [0.2, 0.25) is 5.02 Å². The van der Waals surface area contributed by atoms with Crippen LogP contribution in [0.3, 0.4) is 0 Å². The van der Waals surface area contributed by atoms with Crippen LogP contribution in [-0.4, -0.2) is 30.8 Å². The van der Waals surface area contributed by atoms with Gasteiger partial charge in [-0.3, -0.25) is 9.52 Å². The number of nitrogens with zero attached hydrogens (tertiary/aromatic N) is 2. The number of rotatable bonds is 5. The van der Waals surface area contributed by atoms with Gasteiger partial charge in [-0.25, -0.2) is 17.8 Å². The molecule has 1 aliphatic heterocycles. The number of carbonyl (C=O) groups is 1. The topological polar surface area (TPSA) is 78.8 Å². The maximum Gasteiger partial charge on any atom is 0.240 e. The van der Waals surface area contributed by atoms with Gasteiger partial charge in [0.2, 0.25) is 15.9 Å². The molecule has 0 spiro atoms. The van der Waals surface area contributed by atoms with E-state index in [-0.39, 0.29) is 16.7 Å². The van der Waals surface area contributed by atoms with Crippen LogP contribution in [0, 0.1) is 5.82 Å². The fraction of sp³-hybridized carbons (Fsp3) is 0.263. The van der Waals surface area contributed by atoms with E-state index in [2.05, 4.69) is 9.82 Å². The van der Waals surface area contributed by atoms with Crippen LogP contribution < -0.4 is 4.72 Å². The molecular weight excluding hydrogens is 405 g/mol. The van der Waals surface area contributed by atoms with Crippen LogP contribution >= 0.6 is 11.6 Å². The molecule has 148 valence electrons. The number of halogens is 2. The molecule has 0 saturated carbocycles. The Morgan fingerprint density at radius 2 is 2.07 bits per heavy atom. The minimum absolute atomic E-state index is 0.00757. The first kappa shape index (κ1) is 20.3. The van der Waals surface area contributed by atoms with Crippen molar-refractivity contribution < 1.29 is 17.6 Å². The summed E-state index contributed by atoms with van der Waals surface area (Å²) in [5.41, 5.74) is 2.28. The number of anilines is 1. The van der Waals surface area contributed by atoms with Crippen LogP contribution in [0.25, 0.3) is 0 Å². The van der Waals surface area contributed by atoms with Crippen molar-refractivity contribution >= 4 is 38.9 Å². The Kier molecular flexibility index (Phi) is 5.71. The lowest BCUT2D eigenvalue weighted by atomic mass is 9.98. The molecule has 2 aromatic carbocycles. The van der Waals surface area contributed by atoms with E-state index in [0.717, 1.165) is 0 Å². The summed E-state index contributed by atoms with van der Waals surface area (Å²) in [6, 6.07) is 10.7. The SMILES string of the molecule is CCS(=O)(=O)Nc1cccc(C2=NN(C(C)=O)[C@@H](c3ccc(Cl)c(F)c3)C2)c1. The second kappa shape index (κ2) is 7.89. The van der Waals surface area contributed by atoms with Crippen LogP contribution in [0.5, 0.6) is 0 Å². The third-order valence-electron chi connectivity index (χ3n) is 4.41. The Morgan fingerprint density at radius 3 is 2.71 bits per heavy atom. The Hall–Kier alpha value is -2.45. The molecule has 1 amide bonds. The highest BCUT2D eigenvalue weighted by Gasteiger charge is 2.32. The number of sulfonamides is 1. The van der Waals surface area contributed by atoms with Gasteiger partial charge in [-0.2, -0.15) is 5.10 Å². The summed E-state index contributed by atoms with van der Waals surface area (Å²) in [7, 11) is -3.41. The molecule has 1 N–H and O–H groups in total. The number of hydrazone groups is 1. The Balaban J connectivity index is 1.92. The fourth-order valence-electron chi connectivity index (χ4n) is 2.97. The summed E-state index contributed by atoms with van der Waals surface area (Å²) in [5.74, 6) is -0.884. The van der Waals surface area contributed by atoms with Crippen LogP contribution in [0.4, 0.5) is 10.1 Å². The van der Waals surface area contributed by atoms with Gasteiger partial charge in [-0.1, -0.05) is 29.8 Å². The highest BCUT2D eigenvalue weighted by molar-refractivity contribution is 7.92. The molecule has 1 atom stereocenters. The molecule has 28 heavy (non-hydrogen) atoms. The Labute approximate surface area is 168 Å². The van der Waals surface area contributed by atoms with Crippen LogP contribution in [0.1, 0.15) is 37.4 Å². The largest absolute Gasteiger partial charge is 0.284 e. The third kappa shape index (κ3) is 4.34. The predicted molar refractivity (Wildman–Crippen MR) is 107 cm³/mol. The van der Waals surface area contributed by atoms with Crippen molar-refractivity contribution in [1.29, 1.82) is 0 Å². The van der Waals surface area contributed by atoms with E-state index < -0.39 is 21.9 Å². The molecule has 0 fully saturated rings. The summed E-state index contributed by atoms with van der Waals surface area (Å²) in [6.45, 7) is 2.94. The smallest absolute Gasteiger partial charge is 0.240 e. The first-order valence-corrected chi connectivity index (χ1v) is 10.7. The van der Waals surface area contributed by atoms with Crippen molar-refractivity contribution in [3.05, 3.63) is 64.4 Å². The van der Waals surface area contributed by atoms with Crippen molar-refractivity contribution in [3.63, 3.8) is 0 Å². The molecule has 6 nitrogen and oxygen atoms in total. The summed E-state index contributed by atoms with van der Waals surface area (Å²) in [4.78, 5) is 12.1. The average molecular weight is 424 g/mol. The lowest BCUT2D eigenvalue weighted by Gasteiger charge is -2.20. The van der Waals surface area contributed by atoms with Gasteiger partial charge in [0.05, 0.1) is 22.5 Å². The molecule has 0 radical (unpaired) electrons. The zero-order valence-corrected chi connectivity index (χ0v) is 16.9. The predicted octanol–water partition coefficient (Wildman–Crippen LogP) is 3.94. The van der Waals surface area contributed by atoms with Gasteiger partial charge < -0.3 is 0 Å². The minimum atomic E-state index is -3.41. The fourth-order valence-corrected chi connectivity index (χ4v) is 3.72. The zero-order valence-electron chi connectivity index (χ0n) is 15.3. The summed E-state index contributed by atoms with van der Waals surface area (Å²) >= 11 is 5.75. The lowest BCUT2D eigenvalue weighted by Crippen LogP contribution is -2.24. The molecule has 0 aromatic heterocycles. The number of amides is 1. The highest BCUT2D eigenvalue weighted by atomic mass is 35.5. The number of nitrogens with one attached hydrogen (secondary N) is 1. The molecule has 3 rings (SSSR count). The van der Waals surface area contributed by atoms with E-state index >= 15 is 0 Å². The van der Waals surface area contributed by atoms with E-state index in [4.69, 9.17) is 11.6 Å². The van der Waals surface area contributed by atoms with E-state index in [0.29, 0.717) is 28.9 Å². The van der Waals surface area contributed by atoms with Crippen LogP contribution in [0.15, 0.2) is 47.6 Å². The van der Waals surface area contributed by atoms with Crippen molar-refractivity contribution in [1.82, 2.24) is 5.01 Å². The van der Waals surface area contributed by atoms with E-state index in [1.165, 1.54) is 24.1 Å². The van der Waals surface area contributed by atoms with Gasteiger partial charge in [0.25, 0.3) is 0 Å². The normalized spacial score (nSPS) is 16.8. The molecule has 1 heterocycles. The van der Waals surface area contributed by atoms with E-state index in [1.54, 1.807) is 37.3 Å². The molecule has 9 heteroatoms. The molecule has 2 aromatic rings. The third-order valence-corrected chi connectivity index (χ3v) is 6.02. The first-order valence-electron chi connectivity index (χ1n) is 8.63. The van der Waals surface area contributed by atoms with Gasteiger partial charge in [0, 0.05) is 19.0 Å². The highest BCUT2D eigenvalue weighted by Crippen LogP contribution is 2.34. The number of hydrogen-bond acceptors (Lipinski definition) is 4. The van der Waals surface area contributed by atoms with Gasteiger partial charge in [-0.15, -0.1) is 0 Å². The average Bonchev–Trinajstić information content (AvgIpc) is 3.10. The standard InChI is InChI=1S/C19H19ClFN3O3S/c1-3-28(26,27)23-15-6-4-5-13(9-15)18-11-19(24(22-18)12(2)25)14-7-8-16(20)17(21)10-14/h4-10,19,23H,3,11H2,1-2H3/t19-/m1/s1. The van der Waals surface area contributed by atoms with Crippen molar-refractivity contribution in [3.8, 4) is 0 Å². The van der Waals surface area contributed by atoms with Gasteiger partial charge in [0.1, 0.15) is 5.82 Å². The second-order valence-electron chi connectivity index (χ2n) is 6.39. The minimum Gasteiger partial charge on any atom is -0.284 e. The maximum absolute atomic E-state index is 13.9.